The third-order valence-corrected chi connectivity index (χ3v) is 3.75. The summed E-state index contributed by atoms with van der Waals surface area (Å²) in [6.07, 6.45) is 0.386. The Balaban J connectivity index is 2.33. The van der Waals surface area contributed by atoms with E-state index in [2.05, 4.69) is 0 Å². The second-order valence-corrected chi connectivity index (χ2v) is 6.23. The SMILES string of the molecule is CC1C(=O)Oc2ccccc2C1CC(=O)C(C)(C)C. The van der Waals surface area contributed by atoms with Gasteiger partial charge in [0.2, 0.25) is 0 Å². The van der Waals surface area contributed by atoms with E-state index in [0.717, 1.165) is 5.56 Å². The molecule has 0 amide bonds. The summed E-state index contributed by atoms with van der Waals surface area (Å²) < 4.78 is 5.29. The molecule has 1 aliphatic rings. The number of carbonyl (C=O) groups is 2. The Morgan fingerprint density at radius 2 is 1.89 bits per heavy atom. The zero-order chi connectivity index (χ0) is 14.2. The molecule has 0 radical (unpaired) electrons. The topological polar surface area (TPSA) is 43.4 Å². The predicted octanol–water partition coefficient (Wildman–Crippen LogP) is 3.33. The Hall–Kier alpha value is -1.64. The van der Waals surface area contributed by atoms with E-state index < -0.39 is 0 Å². The van der Waals surface area contributed by atoms with E-state index in [1.54, 1.807) is 6.07 Å². The molecule has 2 atom stereocenters. The third-order valence-electron chi connectivity index (χ3n) is 3.75. The molecule has 0 aromatic heterocycles. The van der Waals surface area contributed by atoms with Gasteiger partial charge in [-0.1, -0.05) is 45.9 Å². The largest absolute Gasteiger partial charge is 0.426 e. The van der Waals surface area contributed by atoms with Gasteiger partial charge in [-0.15, -0.1) is 0 Å². The fraction of sp³-hybridized carbons (Fsp3) is 0.500. The molecule has 2 rings (SSSR count). The highest BCUT2D eigenvalue weighted by molar-refractivity contribution is 5.86. The average molecular weight is 260 g/mol. The van der Waals surface area contributed by atoms with Gasteiger partial charge in [-0.3, -0.25) is 9.59 Å². The van der Waals surface area contributed by atoms with Gasteiger partial charge in [0.15, 0.2) is 0 Å². The number of benzene rings is 1. The number of hydrogen-bond donors (Lipinski definition) is 0. The van der Waals surface area contributed by atoms with Crippen molar-refractivity contribution in [3.63, 3.8) is 0 Å². The van der Waals surface area contributed by atoms with Crippen LogP contribution >= 0.6 is 0 Å². The lowest BCUT2D eigenvalue weighted by Gasteiger charge is -2.31. The first-order valence-electron chi connectivity index (χ1n) is 6.64. The molecule has 2 unspecified atom stereocenters. The van der Waals surface area contributed by atoms with Gasteiger partial charge in [0, 0.05) is 17.8 Å². The lowest BCUT2D eigenvalue weighted by molar-refractivity contribution is -0.141. The van der Waals surface area contributed by atoms with Gasteiger partial charge in [-0.25, -0.2) is 0 Å². The summed E-state index contributed by atoms with van der Waals surface area (Å²) in [5, 5.41) is 0. The molecule has 0 aliphatic carbocycles. The number of Topliss-reactive ketones (excluding diaryl/α,β-unsaturated/α-hetero) is 1. The van der Waals surface area contributed by atoms with Gasteiger partial charge in [-0.05, 0) is 11.6 Å². The monoisotopic (exact) mass is 260 g/mol. The first-order valence-corrected chi connectivity index (χ1v) is 6.64. The first-order chi connectivity index (χ1) is 8.80. The molecule has 1 heterocycles. The molecular formula is C16H20O3. The van der Waals surface area contributed by atoms with Crippen LogP contribution in [0.1, 0.15) is 45.6 Å². The molecule has 0 saturated carbocycles. The zero-order valence-electron chi connectivity index (χ0n) is 11.9. The summed E-state index contributed by atoms with van der Waals surface area (Å²) in [6.45, 7) is 7.56. The van der Waals surface area contributed by atoms with Gasteiger partial charge in [0.25, 0.3) is 0 Å². The number of ketones is 1. The lowest BCUT2D eigenvalue weighted by atomic mass is 9.77. The molecule has 0 fully saturated rings. The summed E-state index contributed by atoms with van der Waals surface area (Å²) in [5.74, 6) is 0.168. The van der Waals surface area contributed by atoms with E-state index >= 15 is 0 Å². The normalized spacial score (nSPS) is 22.6. The third kappa shape index (κ3) is 2.70. The van der Waals surface area contributed by atoms with Crippen LogP contribution in [-0.4, -0.2) is 11.8 Å². The molecule has 1 aromatic carbocycles. The van der Waals surface area contributed by atoms with Crippen LogP contribution in [-0.2, 0) is 9.59 Å². The number of carbonyl (C=O) groups excluding carboxylic acids is 2. The molecule has 1 aliphatic heterocycles. The number of para-hydroxylation sites is 1. The standard InChI is InChI=1S/C16H20O3/c1-10-12(9-14(17)16(2,3)4)11-7-5-6-8-13(11)19-15(10)18/h5-8,10,12H,9H2,1-4H3. The summed E-state index contributed by atoms with van der Waals surface area (Å²) >= 11 is 0. The highest BCUT2D eigenvalue weighted by Gasteiger charge is 2.37. The van der Waals surface area contributed by atoms with Crippen molar-refractivity contribution in [2.75, 3.05) is 0 Å². The van der Waals surface area contributed by atoms with Crippen LogP contribution in [0.2, 0.25) is 0 Å². The highest BCUT2D eigenvalue weighted by Crippen LogP contribution is 2.40. The number of rotatable bonds is 2. The average Bonchev–Trinajstić information content (AvgIpc) is 2.33. The second kappa shape index (κ2) is 4.80. The van der Waals surface area contributed by atoms with Crippen molar-refractivity contribution in [1.29, 1.82) is 0 Å². The maximum atomic E-state index is 12.2. The number of hydrogen-bond acceptors (Lipinski definition) is 3. The van der Waals surface area contributed by atoms with Crippen molar-refractivity contribution in [3.05, 3.63) is 29.8 Å². The second-order valence-electron chi connectivity index (χ2n) is 6.23. The van der Waals surface area contributed by atoms with Crippen molar-refractivity contribution >= 4 is 11.8 Å². The first kappa shape index (κ1) is 13.8. The molecule has 3 nitrogen and oxygen atoms in total. The van der Waals surface area contributed by atoms with Gasteiger partial charge in [0.05, 0.1) is 5.92 Å². The molecule has 3 heteroatoms. The Kier molecular flexibility index (Phi) is 3.48. The van der Waals surface area contributed by atoms with E-state index in [1.165, 1.54) is 0 Å². The summed E-state index contributed by atoms with van der Waals surface area (Å²) in [5.41, 5.74) is 0.586. The van der Waals surface area contributed by atoms with Crippen LogP contribution in [0.25, 0.3) is 0 Å². The molecule has 1 aromatic rings. The number of ether oxygens (including phenoxy) is 1. The van der Waals surface area contributed by atoms with Crippen molar-refractivity contribution in [2.45, 2.75) is 40.0 Å². The van der Waals surface area contributed by atoms with Crippen LogP contribution in [0, 0.1) is 11.3 Å². The maximum absolute atomic E-state index is 12.2. The zero-order valence-corrected chi connectivity index (χ0v) is 11.9. The Morgan fingerprint density at radius 1 is 1.26 bits per heavy atom. The van der Waals surface area contributed by atoms with Crippen molar-refractivity contribution < 1.29 is 14.3 Å². The lowest BCUT2D eigenvalue weighted by Crippen LogP contribution is -2.33. The van der Waals surface area contributed by atoms with Gasteiger partial charge < -0.3 is 4.74 Å². The fourth-order valence-electron chi connectivity index (χ4n) is 2.31. The van der Waals surface area contributed by atoms with E-state index in [-0.39, 0.29) is 29.0 Å². The van der Waals surface area contributed by atoms with Crippen LogP contribution in [0.5, 0.6) is 5.75 Å². The maximum Gasteiger partial charge on any atom is 0.314 e. The molecule has 0 bridgehead atoms. The molecule has 0 N–H and O–H groups in total. The van der Waals surface area contributed by atoms with Crippen LogP contribution < -0.4 is 4.74 Å². The smallest absolute Gasteiger partial charge is 0.314 e. The Bertz CT molecular complexity index is 511. The van der Waals surface area contributed by atoms with Crippen LogP contribution in [0.4, 0.5) is 0 Å². The summed E-state index contributed by atoms with van der Waals surface area (Å²) in [4.78, 5) is 24.1. The van der Waals surface area contributed by atoms with Crippen molar-refractivity contribution in [2.24, 2.45) is 11.3 Å². The Morgan fingerprint density at radius 3 is 2.53 bits per heavy atom. The minimum absolute atomic E-state index is 0.0795. The predicted molar refractivity (Wildman–Crippen MR) is 73.1 cm³/mol. The minimum atomic E-state index is -0.379. The van der Waals surface area contributed by atoms with Gasteiger partial charge in [-0.2, -0.15) is 0 Å². The number of fused-ring (bicyclic) bond motifs is 1. The molecule has 0 saturated heterocycles. The minimum Gasteiger partial charge on any atom is -0.426 e. The summed E-state index contributed by atoms with van der Waals surface area (Å²) in [6, 6.07) is 7.48. The van der Waals surface area contributed by atoms with Gasteiger partial charge >= 0.3 is 5.97 Å². The van der Waals surface area contributed by atoms with Crippen LogP contribution in [0.3, 0.4) is 0 Å². The van der Waals surface area contributed by atoms with Crippen LogP contribution in [0.15, 0.2) is 24.3 Å². The fourth-order valence-corrected chi connectivity index (χ4v) is 2.31. The van der Waals surface area contributed by atoms with E-state index in [9.17, 15) is 9.59 Å². The molecule has 19 heavy (non-hydrogen) atoms. The van der Waals surface area contributed by atoms with E-state index in [4.69, 9.17) is 4.74 Å². The molecule has 102 valence electrons. The highest BCUT2D eigenvalue weighted by atomic mass is 16.5. The number of esters is 1. The van der Waals surface area contributed by atoms with Gasteiger partial charge in [0.1, 0.15) is 11.5 Å². The van der Waals surface area contributed by atoms with Crippen molar-refractivity contribution in [3.8, 4) is 5.75 Å². The quantitative estimate of drug-likeness (QED) is 0.605. The van der Waals surface area contributed by atoms with Crippen molar-refractivity contribution in [1.82, 2.24) is 0 Å². The van der Waals surface area contributed by atoms with E-state index in [0.29, 0.717) is 12.2 Å². The Labute approximate surface area is 114 Å². The molecule has 0 spiro atoms. The summed E-state index contributed by atoms with van der Waals surface area (Å²) in [7, 11) is 0. The van der Waals surface area contributed by atoms with E-state index in [1.807, 2.05) is 45.9 Å². The molecular weight excluding hydrogens is 240 g/mol.